The third-order valence-corrected chi connectivity index (χ3v) is 7.89. The second-order valence-corrected chi connectivity index (χ2v) is 10.2. The summed E-state index contributed by atoms with van der Waals surface area (Å²) in [5, 5.41) is 0. The van der Waals surface area contributed by atoms with Crippen LogP contribution in [0.1, 0.15) is 36.1 Å². The number of rotatable bonds is 2. The SMILES string of the molecule is CC1(C)c2ccccc2-c2c3c(cc(-c4ccccc4)c21)-c1cc(-c2ccccc2)ccc1C3. The van der Waals surface area contributed by atoms with Gasteiger partial charge in [-0.15, -0.1) is 0 Å². The summed E-state index contributed by atoms with van der Waals surface area (Å²) in [5.74, 6) is 0. The fraction of sp³-hybridized carbons (Fsp3) is 0.118. The summed E-state index contributed by atoms with van der Waals surface area (Å²) in [7, 11) is 0. The molecule has 0 aliphatic heterocycles. The molecular weight excluding hydrogens is 408 g/mol. The maximum atomic E-state index is 2.48. The van der Waals surface area contributed by atoms with Gasteiger partial charge in [0.25, 0.3) is 0 Å². The maximum absolute atomic E-state index is 2.48. The van der Waals surface area contributed by atoms with Crippen molar-refractivity contribution in [1.29, 1.82) is 0 Å². The monoisotopic (exact) mass is 434 g/mol. The van der Waals surface area contributed by atoms with Crippen LogP contribution in [0.2, 0.25) is 0 Å². The van der Waals surface area contributed by atoms with Crippen molar-refractivity contribution in [2.24, 2.45) is 0 Å². The van der Waals surface area contributed by atoms with Gasteiger partial charge in [-0.3, -0.25) is 0 Å². The van der Waals surface area contributed by atoms with Gasteiger partial charge in [-0.2, -0.15) is 0 Å². The van der Waals surface area contributed by atoms with Crippen molar-refractivity contribution in [3.8, 4) is 44.5 Å². The Morgan fingerprint density at radius 1 is 0.529 bits per heavy atom. The molecule has 5 aromatic rings. The zero-order valence-corrected chi connectivity index (χ0v) is 19.6. The molecule has 0 bridgehead atoms. The van der Waals surface area contributed by atoms with E-state index in [2.05, 4.69) is 123 Å². The molecule has 0 saturated heterocycles. The van der Waals surface area contributed by atoms with E-state index in [0.29, 0.717) is 0 Å². The van der Waals surface area contributed by atoms with E-state index in [1.54, 1.807) is 0 Å². The Balaban J connectivity index is 1.55. The van der Waals surface area contributed by atoms with Crippen molar-refractivity contribution in [2.75, 3.05) is 0 Å². The minimum Gasteiger partial charge on any atom is -0.0622 e. The van der Waals surface area contributed by atoms with E-state index in [1.165, 1.54) is 66.8 Å². The Kier molecular flexibility index (Phi) is 4.05. The zero-order chi connectivity index (χ0) is 22.9. The van der Waals surface area contributed by atoms with E-state index in [-0.39, 0.29) is 5.41 Å². The highest BCUT2D eigenvalue weighted by Crippen LogP contribution is 2.57. The van der Waals surface area contributed by atoms with Gasteiger partial charge in [-0.05, 0) is 85.3 Å². The number of hydrogen-bond acceptors (Lipinski definition) is 0. The van der Waals surface area contributed by atoms with Gasteiger partial charge in [-0.25, -0.2) is 0 Å². The van der Waals surface area contributed by atoms with E-state index in [4.69, 9.17) is 0 Å². The standard InChI is InChI=1S/C34H26/c1-34(2)31-16-10-9-15-26(31)32-30-20-25-18-17-24(22-11-5-3-6-12-22)19-27(25)29(30)21-28(33(32)34)23-13-7-4-8-14-23/h3-19,21H,20H2,1-2H3. The largest absolute Gasteiger partial charge is 0.0622 e. The molecule has 0 saturated carbocycles. The van der Waals surface area contributed by atoms with Crippen molar-refractivity contribution >= 4 is 0 Å². The van der Waals surface area contributed by atoms with Crippen molar-refractivity contribution in [3.63, 3.8) is 0 Å². The van der Waals surface area contributed by atoms with E-state index < -0.39 is 0 Å². The van der Waals surface area contributed by atoms with Crippen LogP contribution in [0.4, 0.5) is 0 Å². The van der Waals surface area contributed by atoms with Gasteiger partial charge in [0.05, 0.1) is 0 Å². The van der Waals surface area contributed by atoms with E-state index in [9.17, 15) is 0 Å². The van der Waals surface area contributed by atoms with E-state index in [0.717, 1.165) is 6.42 Å². The molecule has 0 amide bonds. The minimum absolute atomic E-state index is 0.0316. The highest BCUT2D eigenvalue weighted by atomic mass is 14.4. The Bertz CT molecular complexity index is 1570. The van der Waals surface area contributed by atoms with Crippen LogP contribution in [0.15, 0.2) is 109 Å². The molecule has 0 atom stereocenters. The molecular formula is C34H26. The summed E-state index contributed by atoms with van der Waals surface area (Å²) >= 11 is 0. The van der Waals surface area contributed by atoms with Crippen LogP contribution in [-0.2, 0) is 11.8 Å². The van der Waals surface area contributed by atoms with Crippen LogP contribution >= 0.6 is 0 Å². The van der Waals surface area contributed by atoms with Gasteiger partial charge in [0.1, 0.15) is 0 Å². The van der Waals surface area contributed by atoms with Crippen molar-refractivity contribution in [3.05, 3.63) is 131 Å². The van der Waals surface area contributed by atoms with E-state index in [1.807, 2.05) is 0 Å². The summed E-state index contributed by atoms with van der Waals surface area (Å²) in [6.45, 7) is 4.79. The Hall–Kier alpha value is -3.90. The molecule has 0 fully saturated rings. The molecule has 7 rings (SSSR count). The maximum Gasteiger partial charge on any atom is 0.0165 e. The molecule has 162 valence electrons. The van der Waals surface area contributed by atoms with Gasteiger partial charge in [0.2, 0.25) is 0 Å². The first-order valence-corrected chi connectivity index (χ1v) is 12.2. The summed E-state index contributed by atoms with van der Waals surface area (Å²) in [4.78, 5) is 0. The van der Waals surface area contributed by atoms with Crippen LogP contribution in [0.3, 0.4) is 0 Å². The van der Waals surface area contributed by atoms with Gasteiger partial charge in [0, 0.05) is 5.41 Å². The Morgan fingerprint density at radius 2 is 1.21 bits per heavy atom. The molecule has 0 N–H and O–H groups in total. The first-order chi connectivity index (χ1) is 16.6. The topological polar surface area (TPSA) is 0 Å². The molecule has 0 heterocycles. The summed E-state index contributed by atoms with van der Waals surface area (Å²) in [6.07, 6.45) is 1.00. The second-order valence-electron chi connectivity index (χ2n) is 10.2. The van der Waals surface area contributed by atoms with E-state index >= 15 is 0 Å². The summed E-state index contributed by atoms with van der Waals surface area (Å²) in [5.41, 5.74) is 16.7. The van der Waals surface area contributed by atoms with Crippen LogP contribution in [0.5, 0.6) is 0 Å². The molecule has 0 heteroatoms. The second kappa shape index (κ2) is 7.05. The number of hydrogen-bond donors (Lipinski definition) is 0. The van der Waals surface area contributed by atoms with Gasteiger partial charge in [-0.1, -0.05) is 111 Å². The molecule has 0 radical (unpaired) electrons. The van der Waals surface area contributed by atoms with Crippen LogP contribution < -0.4 is 0 Å². The van der Waals surface area contributed by atoms with Gasteiger partial charge in [0.15, 0.2) is 0 Å². The highest BCUT2D eigenvalue weighted by Gasteiger charge is 2.41. The minimum atomic E-state index is -0.0316. The lowest BCUT2D eigenvalue weighted by Gasteiger charge is -2.25. The molecule has 34 heavy (non-hydrogen) atoms. The molecule has 5 aromatic carbocycles. The van der Waals surface area contributed by atoms with Crippen molar-refractivity contribution in [1.82, 2.24) is 0 Å². The molecule has 0 unspecified atom stereocenters. The fourth-order valence-corrected chi connectivity index (χ4v) is 6.30. The first kappa shape index (κ1) is 19.6. The van der Waals surface area contributed by atoms with Crippen molar-refractivity contribution in [2.45, 2.75) is 25.7 Å². The normalized spacial score (nSPS) is 14.3. The molecule has 2 aliphatic rings. The van der Waals surface area contributed by atoms with Gasteiger partial charge >= 0.3 is 0 Å². The number of fused-ring (bicyclic) bond motifs is 7. The van der Waals surface area contributed by atoms with Crippen LogP contribution in [-0.4, -0.2) is 0 Å². The smallest absolute Gasteiger partial charge is 0.0165 e. The van der Waals surface area contributed by atoms with Crippen LogP contribution in [0.25, 0.3) is 44.5 Å². The predicted molar refractivity (Wildman–Crippen MR) is 143 cm³/mol. The van der Waals surface area contributed by atoms with Gasteiger partial charge < -0.3 is 0 Å². The Morgan fingerprint density at radius 3 is 1.97 bits per heavy atom. The third-order valence-electron chi connectivity index (χ3n) is 7.89. The molecule has 2 aliphatic carbocycles. The summed E-state index contributed by atoms with van der Waals surface area (Å²) in [6, 6.07) is 40.2. The Labute approximate surface area is 201 Å². The first-order valence-electron chi connectivity index (χ1n) is 12.2. The average molecular weight is 435 g/mol. The lowest BCUT2D eigenvalue weighted by atomic mass is 9.77. The van der Waals surface area contributed by atoms with Crippen molar-refractivity contribution < 1.29 is 0 Å². The molecule has 0 spiro atoms. The summed E-state index contributed by atoms with van der Waals surface area (Å²) < 4.78 is 0. The lowest BCUT2D eigenvalue weighted by Crippen LogP contribution is -2.16. The molecule has 0 nitrogen and oxygen atoms in total. The lowest BCUT2D eigenvalue weighted by molar-refractivity contribution is 0.662. The third kappa shape index (κ3) is 2.66. The fourth-order valence-electron chi connectivity index (χ4n) is 6.30. The molecule has 0 aromatic heterocycles. The van der Waals surface area contributed by atoms with Crippen LogP contribution in [0, 0.1) is 0 Å². The predicted octanol–water partition coefficient (Wildman–Crippen LogP) is 8.90. The zero-order valence-electron chi connectivity index (χ0n) is 19.6. The number of benzene rings is 5. The average Bonchev–Trinajstić information content (AvgIpc) is 3.37. The highest BCUT2D eigenvalue weighted by molar-refractivity contribution is 5.98. The quantitative estimate of drug-likeness (QED) is 0.255.